The van der Waals surface area contributed by atoms with Gasteiger partial charge in [0, 0.05) is 12.2 Å². The van der Waals surface area contributed by atoms with Crippen LogP contribution < -0.4 is 11.0 Å². The number of amides is 1. The van der Waals surface area contributed by atoms with E-state index in [1.165, 1.54) is 15.6 Å². The minimum absolute atomic E-state index is 0.0508. The van der Waals surface area contributed by atoms with Crippen molar-refractivity contribution in [2.24, 2.45) is 0 Å². The van der Waals surface area contributed by atoms with Crippen molar-refractivity contribution in [3.63, 3.8) is 0 Å². The quantitative estimate of drug-likeness (QED) is 0.553. The van der Waals surface area contributed by atoms with Crippen molar-refractivity contribution < 1.29 is 4.79 Å². The molecule has 0 saturated carbocycles. The Labute approximate surface area is 160 Å². The highest BCUT2D eigenvalue weighted by atomic mass is 16.2. The largest absolute Gasteiger partial charge is 0.329 e. The van der Waals surface area contributed by atoms with Gasteiger partial charge in [-0.25, -0.2) is 9.48 Å². The zero-order valence-corrected chi connectivity index (χ0v) is 15.3. The van der Waals surface area contributed by atoms with Gasteiger partial charge in [-0.05, 0) is 53.2 Å². The Morgan fingerprint density at radius 2 is 1.75 bits per heavy atom. The van der Waals surface area contributed by atoms with Gasteiger partial charge in [-0.2, -0.15) is 0 Å². The third-order valence-electron chi connectivity index (χ3n) is 4.44. The lowest BCUT2D eigenvalue weighted by Crippen LogP contribution is -2.29. The van der Waals surface area contributed by atoms with E-state index in [-0.39, 0.29) is 18.1 Å². The molecule has 28 heavy (non-hydrogen) atoms. The summed E-state index contributed by atoms with van der Waals surface area (Å²) >= 11 is 0. The molecule has 9 nitrogen and oxygen atoms in total. The lowest BCUT2D eigenvalue weighted by atomic mass is 10.3. The third-order valence-corrected chi connectivity index (χ3v) is 4.44. The summed E-state index contributed by atoms with van der Waals surface area (Å²) in [6.07, 6.45) is 2.33. The molecule has 4 rings (SSSR count). The number of carbonyl (C=O) groups is 1. The van der Waals surface area contributed by atoms with Gasteiger partial charge in [0.15, 0.2) is 0 Å². The van der Waals surface area contributed by atoms with E-state index < -0.39 is 0 Å². The maximum Gasteiger partial charge on any atom is 0.329 e. The summed E-state index contributed by atoms with van der Waals surface area (Å²) in [6, 6.07) is 14.6. The molecule has 0 bridgehead atoms. The van der Waals surface area contributed by atoms with E-state index in [0.717, 1.165) is 23.1 Å². The highest BCUT2D eigenvalue weighted by Crippen LogP contribution is 2.15. The maximum absolute atomic E-state index is 12.8. The van der Waals surface area contributed by atoms with Crippen LogP contribution in [0.5, 0.6) is 0 Å². The fourth-order valence-electron chi connectivity index (χ4n) is 3.19. The number of fused-ring (bicyclic) bond motifs is 1. The van der Waals surface area contributed by atoms with E-state index >= 15 is 0 Å². The van der Waals surface area contributed by atoms with Gasteiger partial charge in [0.25, 0.3) is 0 Å². The summed E-state index contributed by atoms with van der Waals surface area (Å²) in [4.78, 5) is 25.3. The SMILES string of the molecule is CCCn1c(=O)n(CC(=O)Nc2ccc(-n3cnnn3)cc2)c2ccccc21. The first-order valence-corrected chi connectivity index (χ1v) is 8.98. The minimum Gasteiger partial charge on any atom is -0.325 e. The number of aryl methyl sites for hydroxylation is 1. The number of para-hydroxylation sites is 2. The molecule has 2 aromatic heterocycles. The molecule has 9 heteroatoms. The topological polar surface area (TPSA) is 99.6 Å². The first-order chi connectivity index (χ1) is 13.7. The Bertz CT molecular complexity index is 1160. The van der Waals surface area contributed by atoms with Crippen LogP contribution in [0.3, 0.4) is 0 Å². The molecular weight excluding hydrogens is 358 g/mol. The minimum atomic E-state index is -0.267. The monoisotopic (exact) mass is 377 g/mol. The van der Waals surface area contributed by atoms with Crippen molar-refractivity contribution in [3.05, 3.63) is 65.3 Å². The Kier molecular flexibility index (Phi) is 4.71. The second-order valence-electron chi connectivity index (χ2n) is 6.36. The molecule has 0 atom stereocenters. The molecule has 4 aromatic rings. The van der Waals surface area contributed by atoms with Crippen LogP contribution in [-0.4, -0.2) is 35.2 Å². The average Bonchev–Trinajstić information content (AvgIpc) is 3.33. The lowest BCUT2D eigenvalue weighted by Gasteiger charge is -2.07. The highest BCUT2D eigenvalue weighted by molar-refractivity contribution is 5.91. The molecule has 2 aromatic carbocycles. The number of nitrogens with zero attached hydrogens (tertiary/aromatic N) is 6. The molecule has 0 saturated heterocycles. The molecule has 0 spiro atoms. The van der Waals surface area contributed by atoms with E-state index in [9.17, 15) is 9.59 Å². The second kappa shape index (κ2) is 7.47. The molecule has 1 amide bonds. The van der Waals surface area contributed by atoms with Gasteiger partial charge in [0.05, 0.1) is 16.7 Å². The van der Waals surface area contributed by atoms with Gasteiger partial charge in [0.2, 0.25) is 5.91 Å². The molecule has 0 aliphatic carbocycles. The van der Waals surface area contributed by atoms with Crippen LogP contribution >= 0.6 is 0 Å². The Hall–Kier alpha value is -3.75. The molecule has 2 heterocycles. The third kappa shape index (κ3) is 3.29. The van der Waals surface area contributed by atoms with E-state index in [4.69, 9.17) is 0 Å². The first kappa shape index (κ1) is 17.7. The van der Waals surface area contributed by atoms with Crippen LogP contribution in [0.4, 0.5) is 5.69 Å². The van der Waals surface area contributed by atoms with Gasteiger partial charge in [-0.15, -0.1) is 5.10 Å². The molecule has 0 aliphatic rings. The fraction of sp³-hybridized carbons (Fsp3) is 0.211. The van der Waals surface area contributed by atoms with Gasteiger partial charge in [0.1, 0.15) is 12.9 Å². The smallest absolute Gasteiger partial charge is 0.325 e. The van der Waals surface area contributed by atoms with Crippen molar-refractivity contribution in [1.82, 2.24) is 29.3 Å². The summed E-state index contributed by atoms with van der Waals surface area (Å²) in [5, 5.41) is 13.8. The standard InChI is InChI=1S/C19H19N7O2/c1-2-11-24-16-5-3-4-6-17(16)25(19(24)28)12-18(27)21-14-7-9-15(10-8-14)26-13-20-22-23-26/h3-10,13H,2,11-12H2,1H3,(H,21,27). The van der Waals surface area contributed by atoms with Crippen molar-refractivity contribution in [2.75, 3.05) is 5.32 Å². The van der Waals surface area contributed by atoms with Crippen molar-refractivity contribution in [3.8, 4) is 5.69 Å². The lowest BCUT2D eigenvalue weighted by molar-refractivity contribution is -0.116. The van der Waals surface area contributed by atoms with E-state index in [1.54, 1.807) is 28.8 Å². The molecular formula is C19H19N7O2. The van der Waals surface area contributed by atoms with Crippen molar-refractivity contribution in [2.45, 2.75) is 26.4 Å². The summed E-state index contributed by atoms with van der Waals surface area (Å²) in [7, 11) is 0. The summed E-state index contributed by atoms with van der Waals surface area (Å²) < 4.78 is 4.74. The second-order valence-corrected chi connectivity index (χ2v) is 6.36. The maximum atomic E-state index is 12.8. The van der Waals surface area contributed by atoms with Crippen LogP contribution in [0.2, 0.25) is 0 Å². The molecule has 0 radical (unpaired) electrons. The molecule has 0 unspecified atom stereocenters. The summed E-state index contributed by atoms with van der Waals surface area (Å²) in [5.74, 6) is -0.267. The van der Waals surface area contributed by atoms with E-state index in [0.29, 0.717) is 12.2 Å². The number of nitrogens with one attached hydrogen (secondary N) is 1. The Morgan fingerprint density at radius 3 is 2.39 bits per heavy atom. The van der Waals surface area contributed by atoms with Crippen LogP contribution in [0, 0.1) is 0 Å². The van der Waals surface area contributed by atoms with Gasteiger partial charge in [-0.3, -0.25) is 13.9 Å². The zero-order valence-electron chi connectivity index (χ0n) is 15.3. The normalized spacial score (nSPS) is 11.0. The predicted octanol–water partition coefficient (Wildman–Crippen LogP) is 1.83. The highest BCUT2D eigenvalue weighted by Gasteiger charge is 2.15. The Morgan fingerprint density at radius 1 is 1.04 bits per heavy atom. The fourth-order valence-corrected chi connectivity index (χ4v) is 3.19. The van der Waals surface area contributed by atoms with Crippen LogP contribution in [0.1, 0.15) is 13.3 Å². The van der Waals surface area contributed by atoms with E-state index in [1.807, 2.05) is 31.2 Å². The zero-order chi connectivity index (χ0) is 19.5. The number of hydrogen-bond donors (Lipinski definition) is 1. The number of hydrogen-bond acceptors (Lipinski definition) is 5. The van der Waals surface area contributed by atoms with E-state index in [2.05, 4.69) is 20.8 Å². The number of rotatable bonds is 6. The molecule has 142 valence electrons. The average molecular weight is 377 g/mol. The van der Waals surface area contributed by atoms with Crippen LogP contribution in [0.15, 0.2) is 59.7 Å². The van der Waals surface area contributed by atoms with Crippen molar-refractivity contribution >= 4 is 22.6 Å². The predicted molar refractivity (Wildman–Crippen MR) is 104 cm³/mol. The number of carbonyl (C=O) groups excluding carboxylic acids is 1. The van der Waals surface area contributed by atoms with Gasteiger partial charge >= 0.3 is 5.69 Å². The van der Waals surface area contributed by atoms with Crippen LogP contribution in [-0.2, 0) is 17.9 Å². The number of benzene rings is 2. The summed E-state index contributed by atoms with van der Waals surface area (Å²) in [5.41, 5.74) is 2.83. The molecule has 1 N–H and O–H groups in total. The van der Waals surface area contributed by atoms with Gasteiger partial charge in [-0.1, -0.05) is 19.1 Å². The summed E-state index contributed by atoms with van der Waals surface area (Å²) in [6.45, 7) is 2.58. The molecule has 0 aliphatic heterocycles. The van der Waals surface area contributed by atoms with Gasteiger partial charge < -0.3 is 5.32 Å². The number of tetrazole rings is 1. The number of anilines is 1. The first-order valence-electron chi connectivity index (χ1n) is 8.98. The van der Waals surface area contributed by atoms with Crippen LogP contribution in [0.25, 0.3) is 16.7 Å². The number of aromatic nitrogens is 6. The van der Waals surface area contributed by atoms with Crippen molar-refractivity contribution in [1.29, 1.82) is 0 Å². The molecule has 0 fully saturated rings. The number of imidazole rings is 1. The Balaban J connectivity index is 1.54.